The molecule has 0 heterocycles. The highest BCUT2D eigenvalue weighted by Crippen LogP contribution is 2.23. The molecule has 6 heteroatoms. The van der Waals surface area contributed by atoms with Crippen molar-refractivity contribution in [2.45, 2.75) is 32.7 Å². The monoisotopic (exact) mass is 252 g/mol. The number of benzene rings is 1. The summed E-state index contributed by atoms with van der Waals surface area (Å²) in [5, 5.41) is 22.7. The van der Waals surface area contributed by atoms with Crippen molar-refractivity contribution in [2.75, 3.05) is 5.32 Å². The Bertz CT molecular complexity index is 459. The Hall–Kier alpha value is -2.11. The summed E-state index contributed by atoms with van der Waals surface area (Å²) in [6.45, 7) is 4.03. The van der Waals surface area contributed by atoms with Crippen LogP contribution in [0.25, 0.3) is 0 Å². The fraction of sp³-hybridized carbons (Fsp3) is 0.417. The van der Waals surface area contributed by atoms with Gasteiger partial charge in [0, 0.05) is 17.8 Å². The van der Waals surface area contributed by atoms with E-state index in [1.165, 1.54) is 18.2 Å². The summed E-state index contributed by atoms with van der Waals surface area (Å²) >= 11 is 0. The summed E-state index contributed by atoms with van der Waals surface area (Å²) in [7, 11) is 0. The lowest BCUT2D eigenvalue weighted by molar-refractivity contribution is -0.385. The van der Waals surface area contributed by atoms with Gasteiger partial charge < -0.3 is 10.4 Å². The first-order valence-corrected chi connectivity index (χ1v) is 5.74. The number of hydrogen-bond donors (Lipinski definition) is 2. The number of nitrogens with one attached hydrogen (secondary N) is 1. The molecule has 0 saturated carbocycles. The van der Waals surface area contributed by atoms with Gasteiger partial charge in [0.25, 0.3) is 5.69 Å². The molecule has 0 aromatic heterocycles. The normalized spacial score (nSPS) is 11.9. The second-order valence-electron chi connectivity index (χ2n) is 4.13. The van der Waals surface area contributed by atoms with Crippen molar-refractivity contribution in [1.29, 1.82) is 0 Å². The van der Waals surface area contributed by atoms with Crippen LogP contribution in [0.2, 0.25) is 0 Å². The maximum atomic E-state index is 11.0. The predicted molar refractivity (Wildman–Crippen MR) is 68.0 cm³/mol. The molecule has 1 atom stereocenters. The molecule has 6 nitrogen and oxygen atoms in total. The maximum Gasteiger partial charge on any atom is 0.342 e. The van der Waals surface area contributed by atoms with Gasteiger partial charge in [0.2, 0.25) is 0 Å². The van der Waals surface area contributed by atoms with Crippen LogP contribution in [0, 0.1) is 10.1 Å². The molecule has 0 radical (unpaired) electrons. The number of nitro groups is 1. The molecule has 0 spiro atoms. The second-order valence-corrected chi connectivity index (χ2v) is 4.13. The van der Waals surface area contributed by atoms with Gasteiger partial charge in [0.15, 0.2) is 0 Å². The van der Waals surface area contributed by atoms with E-state index in [4.69, 9.17) is 5.11 Å². The minimum absolute atomic E-state index is 0.193. The second kappa shape index (κ2) is 6.00. The fourth-order valence-electron chi connectivity index (χ4n) is 1.75. The van der Waals surface area contributed by atoms with Gasteiger partial charge in [-0.15, -0.1) is 0 Å². The van der Waals surface area contributed by atoms with Crippen LogP contribution in [0.3, 0.4) is 0 Å². The zero-order valence-corrected chi connectivity index (χ0v) is 10.3. The van der Waals surface area contributed by atoms with Crippen molar-refractivity contribution < 1.29 is 14.8 Å². The molecule has 0 aliphatic heterocycles. The number of nitrogens with zero attached hydrogens (tertiary/aromatic N) is 1. The number of rotatable bonds is 6. The summed E-state index contributed by atoms with van der Waals surface area (Å²) in [5.41, 5.74) is -0.108. The molecule has 1 unspecified atom stereocenters. The van der Waals surface area contributed by atoms with Crippen LogP contribution in [0.4, 0.5) is 11.4 Å². The molecule has 2 N–H and O–H groups in total. The molecule has 1 aromatic rings. The smallest absolute Gasteiger partial charge is 0.342 e. The van der Waals surface area contributed by atoms with Crippen molar-refractivity contribution >= 4 is 17.3 Å². The first-order valence-electron chi connectivity index (χ1n) is 5.74. The average Bonchev–Trinajstić information content (AvgIpc) is 2.28. The molecule has 0 amide bonds. The highest BCUT2D eigenvalue weighted by Gasteiger charge is 2.20. The topological polar surface area (TPSA) is 92.5 Å². The van der Waals surface area contributed by atoms with Gasteiger partial charge in [-0.25, -0.2) is 4.79 Å². The van der Waals surface area contributed by atoms with Crippen LogP contribution in [-0.2, 0) is 0 Å². The van der Waals surface area contributed by atoms with E-state index in [2.05, 4.69) is 12.2 Å². The van der Waals surface area contributed by atoms with Crippen LogP contribution >= 0.6 is 0 Å². The molecule has 1 rings (SSSR count). The van der Waals surface area contributed by atoms with Gasteiger partial charge in [-0.1, -0.05) is 13.3 Å². The van der Waals surface area contributed by atoms with E-state index in [1.54, 1.807) is 0 Å². The van der Waals surface area contributed by atoms with E-state index >= 15 is 0 Å². The van der Waals surface area contributed by atoms with Gasteiger partial charge in [0.1, 0.15) is 5.56 Å². The number of carbonyl (C=O) groups is 1. The Kier molecular flexibility index (Phi) is 4.65. The van der Waals surface area contributed by atoms with Crippen LogP contribution in [0.15, 0.2) is 18.2 Å². The summed E-state index contributed by atoms with van der Waals surface area (Å²) in [6, 6.07) is 4.23. The fourth-order valence-corrected chi connectivity index (χ4v) is 1.75. The first kappa shape index (κ1) is 14.0. The Balaban J connectivity index is 3.00. The molecule has 0 bridgehead atoms. The van der Waals surface area contributed by atoms with E-state index < -0.39 is 16.6 Å². The lowest BCUT2D eigenvalue weighted by Gasteiger charge is -2.14. The summed E-state index contributed by atoms with van der Waals surface area (Å²) < 4.78 is 0. The number of carboxylic acids is 1. The third-order valence-corrected chi connectivity index (χ3v) is 2.56. The molecule has 98 valence electrons. The maximum absolute atomic E-state index is 11.0. The molecule has 1 aromatic carbocycles. The van der Waals surface area contributed by atoms with Crippen molar-refractivity contribution in [3.8, 4) is 0 Å². The number of nitro benzene ring substituents is 1. The van der Waals surface area contributed by atoms with E-state index in [9.17, 15) is 14.9 Å². The quantitative estimate of drug-likeness (QED) is 0.599. The van der Waals surface area contributed by atoms with Crippen LogP contribution < -0.4 is 5.32 Å². The third kappa shape index (κ3) is 3.44. The Morgan fingerprint density at radius 3 is 2.72 bits per heavy atom. The van der Waals surface area contributed by atoms with E-state index in [-0.39, 0.29) is 11.6 Å². The average molecular weight is 252 g/mol. The molecule has 0 saturated heterocycles. The summed E-state index contributed by atoms with van der Waals surface area (Å²) in [5.74, 6) is -1.30. The van der Waals surface area contributed by atoms with Crippen molar-refractivity contribution in [3.63, 3.8) is 0 Å². The zero-order valence-electron chi connectivity index (χ0n) is 10.3. The molecule has 18 heavy (non-hydrogen) atoms. The number of aromatic carboxylic acids is 1. The van der Waals surface area contributed by atoms with E-state index in [1.807, 2.05) is 6.92 Å². The SMILES string of the molecule is CCCC(C)Nc1ccc([N+](=O)[O-])c(C(=O)O)c1. The standard InChI is InChI=1S/C12H16N2O4/c1-3-4-8(2)13-9-5-6-11(14(17)18)10(7-9)12(15)16/h5-8,13H,3-4H2,1-2H3,(H,15,16). The van der Waals surface area contributed by atoms with Crippen molar-refractivity contribution in [2.24, 2.45) is 0 Å². The molecular formula is C12H16N2O4. The molecule has 0 aliphatic rings. The number of carboxylic acid groups (broad SMARTS) is 1. The Morgan fingerprint density at radius 2 is 2.22 bits per heavy atom. The zero-order chi connectivity index (χ0) is 13.7. The van der Waals surface area contributed by atoms with E-state index in [0.717, 1.165) is 12.8 Å². The molecular weight excluding hydrogens is 236 g/mol. The highest BCUT2D eigenvalue weighted by atomic mass is 16.6. The third-order valence-electron chi connectivity index (χ3n) is 2.56. The van der Waals surface area contributed by atoms with Gasteiger partial charge in [0.05, 0.1) is 4.92 Å². The van der Waals surface area contributed by atoms with Crippen molar-refractivity contribution in [3.05, 3.63) is 33.9 Å². The Labute approximate surface area is 105 Å². The first-order chi connectivity index (χ1) is 8.45. The molecule has 0 aliphatic carbocycles. The summed E-state index contributed by atoms with van der Waals surface area (Å²) in [6.07, 6.45) is 1.95. The van der Waals surface area contributed by atoms with Gasteiger partial charge >= 0.3 is 5.97 Å². The lowest BCUT2D eigenvalue weighted by atomic mass is 10.1. The van der Waals surface area contributed by atoms with Crippen LogP contribution in [0.5, 0.6) is 0 Å². The minimum atomic E-state index is -1.30. The van der Waals surface area contributed by atoms with Crippen LogP contribution in [0.1, 0.15) is 37.0 Å². The van der Waals surface area contributed by atoms with Crippen LogP contribution in [-0.4, -0.2) is 22.0 Å². The van der Waals surface area contributed by atoms with Gasteiger partial charge in [-0.3, -0.25) is 10.1 Å². The highest BCUT2D eigenvalue weighted by molar-refractivity contribution is 5.93. The Morgan fingerprint density at radius 1 is 1.56 bits per heavy atom. The lowest BCUT2D eigenvalue weighted by Crippen LogP contribution is -2.15. The van der Waals surface area contributed by atoms with Crippen molar-refractivity contribution in [1.82, 2.24) is 0 Å². The van der Waals surface area contributed by atoms with Gasteiger partial charge in [-0.2, -0.15) is 0 Å². The predicted octanol–water partition coefficient (Wildman–Crippen LogP) is 2.89. The largest absolute Gasteiger partial charge is 0.477 e. The minimum Gasteiger partial charge on any atom is -0.477 e. The van der Waals surface area contributed by atoms with E-state index in [0.29, 0.717) is 5.69 Å². The molecule has 0 fully saturated rings. The van der Waals surface area contributed by atoms with Gasteiger partial charge in [-0.05, 0) is 25.5 Å². The number of anilines is 1. The number of hydrogen-bond acceptors (Lipinski definition) is 4. The summed E-state index contributed by atoms with van der Waals surface area (Å²) in [4.78, 5) is 20.9.